The predicted octanol–water partition coefficient (Wildman–Crippen LogP) is 2.30. The lowest BCUT2D eigenvalue weighted by Crippen LogP contribution is -1.92. The van der Waals surface area contributed by atoms with Crippen molar-refractivity contribution >= 4 is 11.6 Å². The molecule has 0 fully saturated rings. The largest absolute Gasteiger partial charge is 0.317 e. The van der Waals surface area contributed by atoms with Gasteiger partial charge in [-0.05, 0) is 12.1 Å². The number of carbonyl (C=O) groups excluding carboxylic acids is 1. The van der Waals surface area contributed by atoms with E-state index in [0.717, 1.165) is 5.69 Å². The topological polar surface area (TPSA) is 78.5 Å². The van der Waals surface area contributed by atoms with Gasteiger partial charge in [-0.2, -0.15) is 5.11 Å². The van der Waals surface area contributed by atoms with Gasteiger partial charge < -0.3 is 0 Å². The summed E-state index contributed by atoms with van der Waals surface area (Å²) in [6.45, 7) is 0. The number of nitrogens with zero attached hydrogens (tertiary/aromatic N) is 4. The molecule has 0 spiro atoms. The summed E-state index contributed by atoms with van der Waals surface area (Å²) in [5.41, 5.74) is 3.59. The molecule has 0 atom stereocenters. The number of hydrogen-bond donors (Lipinski definition) is 1. The van der Waals surface area contributed by atoms with Crippen LogP contribution in [0.25, 0.3) is 0 Å². The number of hydrogen-bond acceptors (Lipinski definition) is 4. The molecule has 2 rings (SSSR count). The second-order valence-corrected chi connectivity index (χ2v) is 2.71. The first-order valence-corrected chi connectivity index (χ1v) is 4.23. The normalized spacial score (nSPS) is 14.7. The lowest BCUT2D eigenvalue weighted by molar-refractivity contribution is -0.114. The van der Waals surface area contributed by atoms with E-state index in [0.29, 0.717) is 0 Å². The molecule has 0 bridgehead atoms. The van der Waals surface area contributed by atoms with Gasteiger partial charge >= 0.3 is 5.91 Å². The molecule has 1 aromatic carbocycles. The summed E-state index contributed by atoms with van der Waals surface area (Å²) >= 11 is 0. The lowest BCUT2D eigenvalue weighted by Gasteiger charge is -1.95. The third kappa shape index (κ3) is 2.31. The molecular formula is C9H7N5O. The van der Waals surface area contributed by atoms with Crippen molar-refractivity contribution in [1.29, 1.82) is 0 Å². The van der Waals surface area contributed by atoms with Crippen LogP contribution >= 0.6 is 0 Å². The van der Waals surface area contributed by atoms with Crippen molar-refractivity contribution in [3.05, 3.63) is 42.2 Å². The van der Waals surface area contributed by atoms with Crippen LogP contribution in [0.15, 0.2) is 62.8 Å². The number of para-hydroxylation sites is 1. The Hall–Kier alpha value is -2.37. The molecule has 6 nitrogen and oxygen atoms in total. The molecule has 0 aliphatic carbocycles. The molecule has 15 heavy (non-hydrogen) atoms. The molecule has 0 unspecified atom stereocenters. The predicted molar refractivity (Wildman–Crippen MR) is 52.9 cm³/mol. The molecule has 1 amide bonds. The summed E-state index contributed by atoms with van der Waals surface area (Å²) in [5, 5.41) is 13.9. The first-order valence-electron chi connectivity index (χ1n) is 4.23. The molecular weight excluding hydrogens is 194 g/mol. The maximum Gasteiger partial charge on any atom is 0.317 e. The van der Waals surface area contributed by atoms with E-state index in [2.05, 4.69) is 26.0 Å². The van der Waals surface area contributed by atoms with E-state index >= 15 is 0 Å². The van der Waals surface area contributed by atoms with E-state index in [1.807, 2.05) is 30.3 Å². The van der Waals surface area contributed by atoms with Crippen molar-refractivity contribution in [3.8, 4) is 0 Å². The summed E-state index contributed by atoms with van der Waals surface area (Å²) in [7, 11) is 0. The van der Waals surface area contributed by atoms with E-state index in [1.54, 1.807) is 0 Å². The number of benzene rings is 1. The van der Waals surface area contributed by atoms with Gasteiger partial charge in [0.2, 0.25) is 0 Å². The van der Waals surface area contributed by atoms with Crippen LogP contribution in [0, 0.1) is 0 Å². The Morgan fingerprint density at radius 3 is 2.67 bits per heavy atom. The molecule has 0 saturated carbocycles. The minimum Gasteiger partial charge on any atom is -0.263 e. The van der Waals surface area contributed by atoms with Gasteiger partial charge in [0.15, 0.2) is 5.70 Å². The van der Waals surface area contributed by atoms with Gasteiger partial charge in [-0.15, -0.1) is 10.2 Å². The highest BCUT2D eigenvalue weighted by molar-refractivity contribution is 5.94. The average Bonchev–Trinajstić information content (AvgIpc) is 2.66. The van der Waals surface area contributed by atoms with Crippen LogP contribution in [0.4, 0.5) is 5.69 Å². The first-order chi connectivity index (χ1) is 7.36. The molecule has 0 radical (unpaired) electrons. The Bertz CT molecular complexity index is 449. The van der Waals surface area contributed by atoms with Crippen molar-refractivity contribution in [3.63, 3.8) is 0 Å². The summed E-state index contributed by atoms with van der Waals surface area (Å²) in [6, 6.07) is 9.28. The summed E-state index contributed by atoms with van der Waals surface area (Å²) in [6.07, 6.45) is 1.26. The summed E-state index contributed by atoms with van der Waals surface area (Å²) < 4.78 is 0. The second kappa shape index (κ2) is 4.23. The minimum absolute atomic E-state index is 0.124. The lowest BCUT2D eigenvalue weighted by atomic mass is 10.3. The average molecular weight is 201 g/mol. The molecule has 1 heterocycles. The first kappa shape index (κ1) is 9.20. The Morgan fingerprint density at radius 1 is 1.20 bits per heavy atom. The van der Waals surface area contributed by atoms with Gasteiger partial charge in [0.1, 0.15) is 0 Å². The van der Waals surface area contributed by atoms with Gasteiger partial charge in [-0.3, -0.25) is 10.2 Å². The van der Waals surface area contributed by atoms with Crippen molar-refractivity contribution < 1.29 is 4.79 Å². The van der Waals surface area contributed by atoms with Crippen LogP contribution in [0.2, 0.25) is 0 Å². The third-order valence-electron chi connectivity index (χ3n) is 1.66. The second-order valence-electron chi connectivity index (χ2n) is 2.71. The van der Waals surface area contributed by atoms with E-state index < -0.39 is 5.91 Å². The number of anilines is 1. The van der Waals surface area contributed by atoms with E-state index in [9.17, 15) is 4.79 Å². The molecule has 1 N–H and O–H groups in total. The molecule has 6 heteroatoms. The molecule has 1 aliphatic rings. The van der Waals surface area contributed by atoms with Crippen LogP contribution in [-0.4, -0.2) is 5.91 Å². The maximum atomic E-state index is 10.9. The van der Waals surface area contributed by atoms with E-state index in [4.69, 9.17) is 0 Å². The Kier molecular flexibility index (Phi) is 2.59. The Morgan fingerprint density at radius 2 is 2.00 bits per heavy atom. The fourth-order valence-electron chi connectivity index (χ4n) is 0.960. The fourth-order valence-corrected chi connectivity index (χ4v) is 0.960. The van der Waals surface area contributed by atoms with Crippen LogP contribution in [0.1, 0.15) is 0 Å². The van der Waals surface area contributed by atoms with Crippen LogP contribution in [0.5, 0.6) is 0 Å². The van der Waals surface area contributed by atoms with Gasteiger partial charge in [-0.25, -0.2) is 0 Å². The molecule has 1 aliphatic heterocycles. The fraction of sp³-hybridized carbons (Fsp3) is 0. The number of carbonyl (C=O) groups is 1. The monoisotopic (exact) mass is 201 g/mol. The summed E-state index contributed by atoms with van der Waals surface area (Å²) in [5.74, 6) is -0.478. The Labute approximate surface area is 85.4 Å². The minimum atomic E-state index is -0.478. The zero-order chi connectivity index (χ0) is 10.5. The highest BCUT2D eigenvalue weighted by atomic mass is 16.2. The molecule has 0 aromatic heterocycles. The SMILES string of the molecule is O=C1N=NC=C1N=NNc1ccccc1. The highest BCUT2D eigenvalue weighted by Gasteiger charge is 2.11. The smallest absolute Gasteiger partial charge is 0.263 e. The summed E-state index contributed by atoms with van der Waals surface area (Å²) in [4.78, 5) is 10.9. The van der Waals surface area contributed by atoms with Gasteiger partial charge in [-0.1, -0.05) is 23.4 Å². The van der Waals surface area contributed by atoms with Gasteiger partial charge in [0.25, 0.3) is 0 Å². The quantitative estimate of drug-likeness (QED) is 0.601. The van der Waals surface area contributed by atoms with Gasteiger partial charge in [0, 0.05) is 0 Å². The van der Waals surface area contributed by atoms with E-state index in [-0.39, 0.29) is 5.70 Å². The van der Waals surface area contributed by atoms with Crippen molar-refractivity contribution in [2.45, 2.75) is 0 Å². The van der Waals surface area contributed by atoms with Crippen LogP contribution in [-0.2, 0) is 4.79 Å². The van der Waals surface area contributed by atoms with Crippen molar-refractivity contribution in [2.24, 2.45) is 20.6 Å². The number of azo groups is 1. The standard InChI is InChI=1S/C9H7N5O/c15-9-8(6-10-13-9)12-14-11-7-4-2-1-3-5-7/h1-6H,(H,11,12,13,15). The van der Waals surface area contributed by atoms with Crippen LogP contribution in [0.3, 0.4) is 0 Å². The molecule has 74 valence electrons. The van der Waals surface area contributed by atoms with E-state index in [1.165, 1.54) is 6.20 Å². The molecule has 1 aromatic rings. The van der Waals surface area contributed by atoms with Crippen molar-refractivity contribution in [2.75, 3.05) is 5.43 Å². The molecule has 0 saturated heterocycles. The third-order valence-corrected chi connectivity index (χ3v) is 1.66. The Balaban J connectivity index is 1.94. The zero-order valence-corrected chi connectivity index (χ0v) is 7.66. The zero-order valence-electron chi connectivity index (χ0n) is 7.66. The van der Waals surface area contributed by atoms with Gasteiger partial charge in [0.05, 0.1) is 11.9 Å². The highest BCUT2D eigenvalue weighted by Crippen LogP contribution is 2.10. The number of rotatable bonds is 3. The van der Waals surface area contributed by atoms with Crippen molar-refractivity contribution in [1.82, 2.24) is 0 Å². The maximum absolute atomic E-state index is 10.9. The number of amides is 1. The number of nitrogens with one attached hydrogen (secondary N) is 1. The van der Waals surface area contributed by atoms with Crippen LogP contribution < -0.4 is 5.43 Å².